The Balaban J connectivity index is 2.06. The summed E-state index contributed by atoms with van der Waals surface area (Å²) in [6.45, 7) is 6.16. The maximum absolute atomic E-state index is 11.6. The van der Waals surface area contributed by atoms with Gasteiger partial charge in [0.1, 0.15) is 0 Å². The van der Waals surface area contributed by atoms with Crippen molar-refractivity contribution in [1.82, 2.24) is 5.32 Å². The molecule has 3 nitrogen and oxygen atoms in total. The van der Waals surface area contributed by atoms with E-state index in [4.69, 9.17) is 4.74 Å². The molecule has 0 saturated carbocycles. The number of thioether (sulfide) groups is 1. The third-order valence-corrected chi connectivity index (χ3v) is 3.61. The van der Waals surface area contributed by atoms with Crippen LogP contribution in [0.2, 0.25) is 0 Å². The summed E-state index contributed by atoms with van der Waals surface area (Å²) < 4.78 is 5.38. The number of ether oxygens (including phenoxy) is 1. The summed E-state index contributed by atoms with van der Waals surface area (Å²) in [6, 6.07) is 8.20. The van der Waals surface area contributed by atoms with Crippen LogP contribution in [0.15, 0.2) is 29.2 Å². The molecule has 0 radical (unpaired) electrons. The van der Waals surface area contributed by atoms with Gasteiger partial charge in [-0.3, -0.25) is 4.79 Å². The van der Waals surface area contributed by atoms with Crippen molar-refractivity contribution >= 4 is 17.7 Å². The van der Waals surface area contributed by atoms with Gasteiger partial charge < -0.3 is 10.1 Å². The van der Waals surface area contributed by atoms with Crippen LogP contribution in [0.4, 0.5) is 0 Å². The lowest BCUT2D eigenvalue weighted by Gasteiger charge is -2.06. The number of unbranched alkanes of at least 4 members (excludes halogenated alkanes) is 1. The molecule has 0 saturated heterocycles. The summed E-state index contributed by atoms with van der Waals surface area (Å²) in [7, 11) is 0. The monoisotopic (exact) mass is 281 g/mol. The van der Waals surface area contributed by atoms with Crippen molar-refractivity contribution in [2.45, 2.75) is 31.6 Å². The molecule has 0 atom stereocenters. The Hall–Kier alpha value is -1.00. The zero-order valence-electron chi connectivity index (χ0n) is 11.8. The van der Waals surface area contributed by atoms with Crippen molar-refractivity contribution in [3.63, 3.8) is 0 Å². The zero-order valence-corrected chi connectivity index (χ0v) is 12.6. The molecule has 0 bridgehead atoms. The SMILES string of the molecule is CCCCOCCNC(=O)CSc1ccc(C)cc1. The van der Waals surface area contributed by atoms with Crippen LogP contribution >= 0.6 is 11.8 Å². The van der Waals surface area contributed by atoms with E-state index in [1.54, 1.807) is 11.8 Å². The van der Waals surface area contributed by atoms with E-state index >= 15 is 0 Å². The van der Waals surface area contributed by atoms with E-state index in [9.17, 15) is 4.79 Å². The largest absolute Gasteiger partial charge is 0.380 e. The Bertz CT molecular complexity index is 365. The Kier molecular flexibility index (Phi) is 8.34. The third-order valence-electron chi connectivity index (χ3n) is 2.60. The summed E-state index contributed by atoms with van der Waals surface area (Å²) >= 11 is 1.56. The molecule has 1 amide bonds. The van der Waals surface area contributed by atoms with E-state index in [0.717, 1.165) is 24.3 Å². The predicted molar refractivity (Wildman–Crippen MR) is 80.6 cm³/mol. The average Bonchev–Trinajstić information content (AvgIpc) is 2.42. The summed E-state index contributed by atoms with van der Waals surface area (Å²) in [5.74, 6) is 0.516. The maximum atomic E-state index is 11.6. The van der Waals surface area contributed by atoms with Crippen LogP contribution in [0.5, 0.6) is 0 Å². The van der Waals surface area contributed by atoms with E-state index in [1.807, 2.05) is 12.1 Å². The number of nitrogens with one attached hydrogen (secondary N) is 1. The first-order valence-electron chi connectivity index (χ1n) is 6.76. The third kappa shape index (κ3) is 7.90. The van der Waals surface area contributed by atoms with Gasteiger partial charge in [0.2, 0.25) is 5.91 Å². The van der Waals surface area contributed by atoms with Crippen LogP contribution in [-0.4, -0.2) is 31.4 Å². The molecule has 0 aliphatic rings. The molecule has 1 rings (SSSR count). The van der Waals surface area contributed by atoms with Gasteiger partial charge in [-0.25, -0.2) is 0 Å². The number of benzene rings is 1. The van der Waals surface area contributed by atoms with Crippen molar-refractivity contribution in [2.24, 2.45) is 0 Å². The Morgan fingerprint density at radius 3 is 2.68 bits per heavy atom. The molecule has 0 spiro atoms. The van der Waals surface area contributed by atoms with Gasteiger partial charge >= 0.3 is 0 Å². The van der Waals surface area contributed by atoms with Gasteiger partial charge in [0.05, 0.1) is 12.4 Å². The van der Waals surface area contributed by atoms with Crippen LogP contribution in [0.25, 0.3) is 0 Å². The molecule has 0 unspecified atom stereocenters. The Morgan fingerprint density at radius 1 is 1.26 bits per heavy atom. The Morgan fingerprint density at radius 2 is 2.00 bits per heavy atom. The predicted octanol–water partition coefficient (Wildman–Crippen LogP) is 3.02. The molecule has 0 aliphatic carbocycles. The fraction of sp³-hybridized carbons (Fsp3) is 0.533. The van der Waals surface area contributed by atoms with Crippen LogP contribution < -0.4 is 5.32 Å². The van der Waals surface area contributed by atoms with E-state index in [0.29, 0.717) is 18.9 Å². The fourth-order valence-electron chi connectivity index (χ4n) is 1.45. The first-order chi connectivity index (χ1) is 9.22. The molecular formula is C15H23NO2S. The van der Waals surface area contributed by atoms with Crippen LogP contribution in [-0.2, 0) is 9.53 Å². The van der Waals surface area contributed by atoms with Crippen molar-refractivity contribution in [2.75, 3.05) is 25.5 Å². The summed E-state index contributed by atoms with van der Waals surface area (Å²) in [4.78, 5) is 12.7. The van der Waals surface area contributed by atoms with E-state index in [1.165, 1.54) is 5.56 Å². The first kappa shape index (κ1) is 16.1. The van der Waals surface area contributed by atoms with Crippen molar-refractivity contribution in [3.05, 3.63) is 29.8 Å². The molecular weight excluding hydrogens is 258 g/mol. The highest BCUT2D eigenvalue weighted by Gasteiger charge is 2.02. The zero-order chi connectivity index (χ0) is 13.9. The van der Waals surface area contributed by atoms with Gasteiger partial charge in [0.15, 0.2) is 0 Å². The van der Waals surface area contributed by atoms with E-state index in [2.05, 4.69) is 31.3 Å². The molecule has 0 fully saturated rings. The molecule has 1 aromatic rings. The smallest absolute Gasteiger partial charge is 0.230 e. The number of carbonyl (C=O) groups is 1. The summed E-state index contributed by atoms with van der Waals surface area (Å²) in [6.07, 6.45) is 2.22. The molecule has 106 valence electrons. The molecule has 1 N–H and O–H groups in total. The summed E-state index contributed by atoms with van der Waals surface area (Å²) in [5, 5.41) is 2.86. The second-order valence-corrected chi connectivity index (χ2v) is 5.47. The number of carbonyl (C=O) groups excluding carboxylic acids is 1. The molecule has 4 heteroatoms. The van der Waals surface area contributed by atoms with E-state index in [-0.39, 0.29) is 5.91 Å². The highest BCUT2D eigenvalue weighted by atomic mass is 32.2. The normalized spacial score (nSPS) is 10.4. The summed E-state index contributed by atoms with van der Waals surface area (Å²) in [5.41, 5.74) is 1.23. The van der Waals surface area contributed by atoms with Crippen LogP contribution in [0, 0.1) is 6.92 Å². The lowest BCUT2D eigenvalue weighted by Crippen LogP contribution is -2.28. The van der Waals surface area contributed by atoms with Crippen molar-refractivity contribution < 1.29 is 9.53 Å². The van der Waals surface area contributed by atoms with Gasteiger partial charge in [-0.1, -0.05) is 31.0 Å². The van der Waals surface area contributed by atoms with Gasteiger partial charge in [-0.15, -0.1) is 11.8 Å². The maximum Gasteiger partial charge on any atom is 0.230 e. The number of rotatable bonds is 9. The second-order valence-electron chi connectivity index (χ2n) is 4.42. The quantitative estimate of drug-likeness (QED) is 0.558. The van der Waals surface area contributed by atoms with E-state index < -0.39 is 0 Å². The van der Waals surface area contributed by atoms with Gasteiger partial charge in [-0.05, 0) is 25.5 Å². The highest BCUT2D eigenvalue weighted by Crippen LogP contribution is 2.17. The lowest BCUT2D eigenvalue weighted by molar-refractivity contribution is -0.118. The van der Waals surface area contributed by atoms with Gasteiger partial charge in [0, 0.05) is 18.0 Å². The molecule has 19 heavy (non-hydrogen) atoms. The highest BCUT2D eigenvalue weighted by molar-refractivity contribution is 8.00. The fourth-order valence-corrected chi connectivity index (χ4v) is 2.17. The molecule has 0 heterocycles. The minimum Gasteiger partial charge on any atom is -0.380 e. The topological polar surface area (TPSA) is 38.3 Å². The minimum atomic E-state index is 0.0599. The Labute approximate surface area is 120 Å². The minimum absolute atomic E-state index is 0.0599. The van der Waals surface area contributed by atoms with Gasteiger partial charge in [-0.2, -0.15) is 0 Å². The van der Waals surface area contributed by atoms with Crippen LogP contribution in [0.1, 0.15) is 25.3 Å². The molecule has 0 aliphatic heterocycles. The average molecular weight is 281 g/mol. The number of aryl methyl sites for hydroxylation is 1. The molecule has 1 aromatic carbocycles. The lowest BCUT2D eigenvalue weighted by atomic mass is 10.2. The number of amides is 1. The first-order valence-corrected chi connectivity index (χ1v) is 7.75. The van der Waals surface area contributed by atoms with Crippen molar-refractivity contribution in [1.29, 1.82) is 0 Å². The number of hydrogen-bond donors (Lipinski definition) is 1. The van der Waals surface area contributed by atoms with Crippen molar-refractivity contribution in [3.8, 4) is 0 Å². The second kappa shape index (κ2) is 9.87. The standard InChI is InChI=1S/C15H23NO2S/c1-3-4-10-18-11-9-16-15(17)12-19-14-7-5-13(2)6-8-14/h5-8H,3-4,9-12H2,1-2H3,(H,16,17). The number of hydrogen-bond acceptors (Lipinski definition) is 3. The van der Waals surface area contributed by atoms with Gasteiger partial charge in [0.25, 0.3) is 0 Å². The van der Waals surface area contributed by atoms with Crippen LogP contribution in [0.3, 0.4) is 0 Å². The molecule has 0 aromatic heterocycles.